The van der Waals surface area contributed by atoms with Crippen LogP contribution in [0.1, 0.15) is 42.8 Å². The van der Waals surface area contributed by atoms with Gasteiger partial charge in [0.25, 0.3) is 0 Å². The molecule has 1 heterocycles. The van der Waals surface area contributed by atoms with Gasteiger partial charge >= 0.3 is 0 Å². The van der Waals surface area contributed by atoms with Gasteiger partial charge in [-0.2, -0.15) is 5.10 Å². The first-order valence-corrected chi connectivity index (χ1v) is 7.57. The number of hydrogen-bond donors (Lipinski definition) is 1. The summed E-state index contributed by atoms with van der Waals surface area (Å²) >= 11 is 0. The predicted octanol–water partition coefficient (Wildman–Crippen LogP) is 3.47. The fourth-order valence-corrected chi connectivity index (χ4v) is 2.78. The topological polar surface area (TPSA) is 43.8 Å². The molecule has 0 saturated carbocycles. The maximum atomic E-state index is 14.3. The van der Waals surface area contributed by atoms with E-state index in [4.69, 9.17) is 5.73 Å². The highest BCUT2D eigenvalue weighted by atomic mass is 19.1. The smallest absolute Gasteiger partial charge is 0.128 e. The maximum Gasteiger partial charge on any atom is 0.128 e. The van der Waals surface area contributed by atoms with E-state index in [0.29, 0.717) is 12.0 Å². The lowest BCUT2D eigenvalue weighted by molar-refractivity contribution is 0.574. The lowest BCUT2D eigenvalue weighted by Crippen LogP contribution is -2.23. The number of halogens is 1. The van der Waals surface area contributed by atoms with Gasteiger partial charge in [0, 0.05) is 17.3 Å². The van der Waals surface area contributed by atoms with Crippen molar-refractivity contribution in [3.63, 3.8) is 0 Å². The zero-order valence-corrected chi connectivity index (χ0v) is 13.3. The van der Waals surface area contributed by atoms with Crippen LogP contribution in [-0.2, 0) is 12.8 Å². The molecule has 2 aromatic rings. The molecule has 1 aromatic carbocycles. The molecule has 0 bridgehead atoms. The molecule has 3 nitrogen and oxygen atoms in total. The van der Waals surface area contributed by atoms with Crippen LogP contribution in [0.5, 0.6) is 0 Å². The van der Waals surface area contributed by atoms with Crippen LogP contribution in [0.15, 0.2) is 18.2 Å². The molecule has 0 aliphatic rings. The van der Waals surface area contributed by atoms with E-state index >= 15 is 0 Å². The van der Waals surface area contributed by atoms with Gasteiger partial charge in [0.05, 0.1) is 11.4 Å². The Morgan fingerprint density at radius 2 is 1.95 bits per heavy atom. The minimum atomic E-state index is -0.206. The standard InChI is InChI=1S/C17H24FN3/c1-5-13(19)10-15-16(18)8-7-9-17(15)21-12(4)14(6-2)11(3)20-21/h7-9,13H,5-6,10,19H2,1-4H3. The molecular weight excluding hydrogens is 265 g/mol. The zero-order valence-electron chi connectivity index (χ0n) is 13.3. The Morgan fingerprint density at radius 3 is 2.52 bits per heavy atom. The molecule has 21 heavy (non-hydrogen) atoms. The van der Waals surface area contributed by atoms with Gasteiger partial charge in [-0.25, -0.2) is 9.07 Å². The van der Waals surface area contributed by atoms with Crippen molar-refractivity contribution in [3.8, 4) is 5.69 Å². The first-order valence-electron chi connectivity index (χ1n) is 7.57. The Labute approximate surface area is 126 Å². The van der Waals surface area contributed by atoms with Crippen molar-refractivity contribution < 1.29 is 4.39 Å². The van der Waals surface area contributed by atoms with E-state index in [0.717, 1.165) is 29.9 Å². The van der Waals surface area contributed by atoms with Gasteiger partial charge in [0.15, 0.2) is 0 Å². The summed E-state index contributed by atoms with van der Waals surface area (Å²) in [6.45, 7) is 8.16. The van der Waals surface area contributed by atoms with Gasteiger partial charge in [-0.05, 0) is 50.8 Å². The molecule has 4 heteroatoms. The number of nitrogens with two attached hydrogens (primary N) is 1. The van der Waals surface area contributed by atoms with E-state index in [9.17, 15) is 4.39 Å². The van der Waals surface area contributed by atoms with Crippen LogP contribution < -0.4 is 5.73 Å². The van der Waals surface area contributed by atoms with E-state index in [1.54, 1.807) is 6.07 Å². The van der Waals surface area contributed by atoms with E-state index in [2.05, 4.69) is 12.0 Å². The van der Waals surface area contributed by atoms with E-state index in [-0.39, 0.29) is 11.9 Å². The number of hydrogen-bond acceptors (Lipinski definition) is 2. The number of rotatable bonds is 5. The lowest BCUT2D eigenvalue weighted by Gasteiger charge is -2.15. The molecule has 0 amide bonds. The quantitative estimate of drug-likeness (QED) is 0.916. The second-order valence-corrected chi connectivity index (χ2v) is 5.52. The molecule has 114 valence electrons. The lowest BCUT2D eigenvalue weighted by atomic mass is 10.0. The average molecular weight is 289 g/mol. The largest absolute Gasteiger partial charge is 0.327 e. The van der Waals surface area contributed by atoms with Crippen LogP contribution in [0.25, 0.3) is 5.69 Å². The fraction of sp³-hybridized carbons (Fsp3) is 0.471. The molecule has 1 aromatic heterocycles. The number of aromatic nitrogens is 2. The summed E-state index contributed by atoms with van der Waals surface area (Å²) < 4.78 is 16.1. The maximum absolute atomic E-state index is 14.3. The summed E-state index contributed by atoms with van der Waals surface area (Å²) in [5.74, 6) is -0.206. The van der Waals surface area contributed by atoms with Gasteiger partial charge in [0.2, 0.25) is 0 Å². The molecule has 0 aliphatic heterocycles. The summed E-state index contributed by atoms with van der Waals surface area (Å²) in [5.41, 5.74) is 10.8. The van der Waals surface area contributed by atoms with Gasteiger partial charge in [-0.15, -0.1) is 0 Å². The Balaban J connectivity index is 2.56. The minimum absolute atomic E-state index is 0.0386. The normalized spacial score (nSPS) is 12.7. The van der Waals surface area contributed by atoms with Crippen LogP contribution in [0, 0.1) is 19.7 Å². The van der Waals surface area contributed by atoms with Crippen molar-refractivity contribution in [1.82, 2.24) is 9.78 Å². The van der Waals surface area contributed by atoms with E-state index < -0.39 is 0 Å². The molecule has 1 atom stereocenters. The van der Waals surface area contributed by atoms with Gasteiger partial charge < -0.3 is 5.73 Å². The second kappa shape index (κ2) is 6.39. The third-order valence-corrected chi connectivity index (χ3v) is 4.11. The molecule has 0 radical (unpaired) electrons. The van der Waals surface area contributed by atoms with Crippen LogP contribution in [0.3, 0.4) is 0 Å². The Kier molecular flexibility index (Phi) is 4.78. The van der Waals surface area contributed by atoms with Crippen molar-refractivity contribution >= 4 is 0 Å². The summed E-state index contributed by atoms with van der Waals surface area (Å²) in [5, 5.41) is 4.60. The van der Waals surface area contributed by atoms with Gasteiger partial charge in [-0.1, -0.05) is 19.9 Å². The molecule has 2 N–H and O–H groups in total. The zero-order chi connectivity index (χ0) is 15.6. The van der Waals surface area contributed by atoms with Gasteiger partial charge in [-0.3, -0.25) is 0 Å². The Hall–Kier alpha value is -1.68. The molecule has 0 saturated heterocycles. The molecule has 2 rings (SSSR count). The van der Waals surface area contributed by atoms with E-state index in [1.165, 1.54) is 11.6 Å². The highest BCUT2D eigenvalue weighted by molar-refractivity contribution is 5.45. The molecule has 0 aliphatic carbocycles. The average Bonchev–Trinajstić information content (AvgIpc) is 2.75. The van der Waals surface area contributed by atoms with Gasteiger partial charge in [0.1, 0.15) is 5.82 Å². The fourth-order valence-electron chi connectivity index (χ4n) is 2.78. The molecule has 1 unspecified atom stereocenters. The van der Waals surface area contributed by atoms with Crippen LogP contribution >= 0.6 is 0 Å². The van der Waals surface area contributed by atoms with Crippen molar-refractivity contribution in [3.05, 3.63) is 46.5 Å². The highest BCUT2D eigenvalue weighted by Crippen LogP contribution is 2.24. The minimum Gasteiger partial charge on any atom is -0.327 e. The molecular formula is C17H24FN3. The summed E-state index contributed by atoms with van der Waals surface area (Å²) in [6.07, 6.45) is 2.28. The van der Waals surface area contributed by atoms with Crippen molar-refractivity contribution in [1.29, 1.82) is 0 Å². The highest BCUT2D eigenvalue weighted by Gasteiger charge is 2.17. The monoisotopic (exact) mass is 289 g/mol. The summed E-state index contributed by atoms with van der Waals surface area (Å²) in [6, 6.07) is 5.10. The Bertz CT molecular complexity index is 631. The van der Waals surface area contributed by atoms with Crippen molar-refractivity contribution in [2.75, 3.05) is 0 Å². The number of nitrogens with zero attached hydrogens (tertiary/aromatic N) is 2. The molecule has 0 fully saturated rings. The SMILES string of the molecule is CCc1c(C)nn(-c2cccc(F)c2CC(N)CC)c1C. The van der Waals surface area contributed by atoms with Crippen LogP contribution in [0.2, 0.25) is 0 Å². The third kappa shape index (κ3) is 3.00. The first-order chi connectivity index (χ1) is 9.99. The summed E-state index contributed by atoms with van der Waals surface area (Å²) in [7, 11) is 0. The Morgan fingerprint density at radius 1 is 1.24 bits per heavy atom. The van der Waals surface area contributed by atoms with Crippen molar-refractivity contribution in [2.45, 2.75) is 53.0 Å². The van der Waals surface area contributed by atoms with Crippen LogP contribution in [0.4, 0.5) is 4.39 Å². The number of aryl methyl sites for hydroxylation is 1. The van der Waals surface area contributed by atoms with Crippen molar-refractivity contribution in [2.24, 2.45) is 5.73 Å². The molecule has 0 spiro atoms. The van der Waals surface area contributed by atoms with Crippen LogP contribution in [-0.4, -0.2) is 15.8 Å². The second-order valence-electron chi connectivity index (χ2n) is 5.52. The third-order valence-electron chi connectivity index (χ3n) is 4.11. The number of benzene rings is 1. The predicted molar refractivity (Wildman–Crippen MR) is 84.3 cm³/mol. The summed E-state index contributed by atoms with van der Waals surface area (Å²) in [4.78, 5) is 0. The van der Waals surface area contributed by atoms with E-state index in [1.807, 2.05) is 31.5 Å². The first kappa shape index (κ1) is 15.7.